The fourth-order valence-corrected chi connectivity index (χ4v) is 5.97. The minimum absolute atomic E-state index is 0.521. The summed E-state index contributed by atoms with van der Waals surface area (Å²) < 4.78 is 0. The second-order valence-corrected chi connectivity index (χ2v) is 13.8. The molecule has 0 unspecified atom stereocenters. The number of hydrogen-bond acceptors (Lipinski definition) is 1. The molecule has 0 saturated carbocycles. The summed E-state index contributed by atoms with van der Waals surface area (Å²) in [5, 5.41) is 3.65. The van der Waals surface area contributed by atoms with Crippen LogP contribution in [-0.2, 0) is 0 Å². The van der Waals surface area contributed by atoms with Crippen LogP contribution in [0.5, 0.6) is 0 Å². The second-order valence-electron chi connectivity index (χ2n) is 8.49. The van der Waals surface area contributed by atoms with E-state index in [1.54, 1.807) is 0 Å². The molecule has 0 heterocycles. The van der Waals surface area contributed by atoms with Gasteiger partial charge in [-0.25, -0.2) is 0 Å². The summed E-state index contributed by atoms with van der Waals surface area (Å²) in [4.78, 5) is 0. The fourth-order valence-electron chi connectivity index (χ4n) is 3.01. The Bertz CT molecular complexity index is 236. The van der Waals surface area contributed by atoms with E-state index in [4.69, 9.17) is 0 Å². The van der Waals surface area contributed by atoms with Crippen molar-refractivity contribution in [1.82, 2.24) is 5.32 Å². The third-order valence-corrected chi connectivity index (χ3v) is 8.30. The van der Waals surface area contributed by atoms with E-state index in [0.717, 1.165) is 0 Å². The summed E-state index contributed by atoms with van der Waals surface area (Å²) >= 11 is 0. The van der Waals surface area contributed by atoms with Crippen LogP contribution in [0.25, 0.3) is 0 Å². The van der Waals surface area contributed by atoms with Crippen molar-refractivity contribution in [3.8, 4) is 0 Å². The predicted octanol–water partition coefficient (Wildman–Crippen LogP) is 5.77. The Balaban J connectivity index is 3.63. The van der Waals surface area contributed by atoms with Crippen molar-refractivity contribution in [2.45, 2.75) is 79.1 Å². The molecule has 21 heavy (non-hydrogen) atoms. The molecular formula is C19H44NP. The van der Waals surface area contributed by atoms with Gasteiger partial charge in [0.25, 0.3) is 0 Å². The first-order chi connectivity index (χ1) is 9.83. The Labute approximate surface area is 136 Å². The Hall–Kier alpha value is 0.390. The average Bonchev–Trinajstić information content (AvgIpc) is 2.40. The summed E-state index contributed by atoms with van der Waals surface area (Å²) in [6, 6.07) is 0. The van der Waals surface area contributed by atoms with Gasteiger partial charge in [-0.15, -0.1) is 0 Å². The van der Waals surface area contributed by atoms with Crippen LogP contribution in [-0.4, -0.2) is 38.7 Å². The van der Waals surface area contributed by atoms with E-state index in [1.165, 1.54) is 76.8 Å². The van der Waals surface area contributed by atoms with Crippen molar-refractivity contribution in [3.63, 3.8) is 0 Å². The molecule has 0 aromatic heterocycles. The second kappa shape index (κ2) is 11.9. The molecular weight excluding hydrogens is 273 g/mol. The van der Waals surface area contributed by atoms with Crippen molar-refractivity contribution < 1.29 is 0 Å². The maximum absolute atomic E-state index is 3.65. The van der Waals surface area contributed by atoms with Gasteiger partial charge >= 0.3 is 129 Å². The molecule has 0 radical (unpaired) electrons. The first kappa shape index (κ1) is 21.4. The van der Waals surface area contributed by atoms with Gasteiger partial charge in [0.15, 0.2) is 0 Å². The van der Waals surface area contributed by atoms with Crippen LogP contribution in [0.2, 0.25) is 0 Å². The van der Waals surface area contributed by atoms with Gasteiger partial charge in [-0.2, -0.15) is 0 Å². The van der Waals surface area contributed by atoms with Gasteiger partial charge in [0.2, 0.25) is 0 Å². The van der Waals surface area contributed by atoms with Crippen molar-refractivity contribution >= 4 is 7.26 Å². The molecule has 2 heteroatoms. The van der Waals surface area contributed by atoms with Crippen LogP contribution in [0.3, 0.4) is 0 Å². The Morgan fingerprint density at radius 1 is 0.762 bits per heavy atom. The van der Waals surface area contributed by atoms with E-state index in [2.05, 4.69) is 46.3 Å². The molecule has 1 nitrogen and oxygen atoms in total. The van der Waals surface area contributed by atoms with Crippen LogP contribution < -0.4 is 5.32 Å². The van der Waals surface area contributed by atoms with Crippen molar-refractivity contribution in [1.29, 1.82) is 0 Å². The maximum atomic E-state index is 3.65. The molecule has 0 fully saturated rings. The van der Waals surface area contributed by atoms with E-state index >= 15 is 0 Å². The number of hydrogen-bond donors (Lipinski definition) is 1. The van der Waals surface area contributed by atoms with Gasteiger partial charge in [-0.3, -0.25) is 0 Å². The zero-order valence-electron chi connectivity index (χ0n) is 16.0. The molecule has 0 spiro atoms. The van der Waals surface area contributed by atoms with Crippen LogP contribution in [0, 0.1) is 5.41 Å². The van der Waals surface area contributed by atoms with Gasteiger partial charge in [0.1, 0.15) is 0 Å². The molecule has 0 aromatic carbocycles. The van der Waals surface area contributed by atoms with Crippen LogP contribution in [0.15, 0.2) is 0 Å². The summed E-state index contributed by atoms with van der Waals surface area (Å²) in [5.41, 5.74) is 0.521. The molecule has 130 valence electrons. The summed E-state index contributed by atoms with van der Waals surface area (Å²) in [6.07, 6.45) is 14.1. The molecule has 0 rings (SSSR count). The zero-order valence-corrected chi connectivity index (χ0v) is 17.0. The van der Waals surface area contributed by atoms with Gasteiger partial charge in [-0.05, 0) is 0 Å². The first-order valence-corrected chi connectivity index (χ1v) is 12.9. The minimum atomic E-state index is -0.907. The Morgan fingerprint density at radius 3 is 2.05 bits per heavy atom. The molecule has 0 amide bonds. The van der Waals surface area contributed by atoms with Crippen molar-refractivity contribution in [3.05, 3.63) is 0 Å². The number of nitrogens with one attached hydrogen (secondary N) is 1. The molecule has 0 aliphatic carbocycles. The van der Waals surface area contributed by atoms with Crippen LogP contribution in [0.1, 0.15) is 79.1 Å². The number of unbranched alkanes of at least 4 members (excludes halogenated alkanes) is 4. The summed E-state index contributed by atoms with van der Waals surface area (Å²) in [6.45, 7) is 17.1. The van der Waals surface area contributed by atoms with Gasteiger partial charge in [0.05, 0.1) is 0 Å². The van der Waals surface area contributed by atoms with E-state index in [1.807, 2.05) is 0 Å². The molecule has 0 aromatic rings. The van der Waals surface area contributed by atoms with Gasteiger partial charge in [-0.1, -0.05) is 6.92 Å². The standard InChI is InChI=1S/C19H44NP/c1-7-9-10-11-12-15-20-16-13-19(3,4)14-18-21(5,6)17-8-2/h20-21H,7-18H2,1-6H3. The Morgan fingerprint density at radius 2 is 1.43 bits per heavy atom. The van der Waals surface area contributed by atoms with Crippen molar-refractivity contribution in [2.24, 2.45) is 5.41 Å². The third kappa shape index (κ3) is 13.8. The monoisotopic (exact) mass is 317 g/mol. The van der Waals surface area contributed by atoms with Gasteiger partial charge < -0.3 is 0 Å². The molecule has 0 saturated heterocycles. The molecule has 0 aliphatic rings. The van der Waals surface area contributed by atoms with Crippen LogP contribution in [0.4, 0.5) is 0 Å². The van der Waals surface area contributed by atoms with E-state index in [-0.39, 0.29) is 0 Å². The fraction of sp³-hybridized carbons (Fsp3) is 1.00. The van der Waals surface area contributed by atoms with E-state index in [9.17, 15) is 0 Å². The average molecular weight is 318 g/mol. The molecule has 1 N–H and O–H groups in total. The number of rotatable bonds is 14. The summed E-state index contributed by atoms with van der Waals surface area (Å²) in [5.74, 6) is 0. The van der Waals surface area contributed by atoms with Crippen LogP contribution >= 0.6 is 7.26 Å². The normalized spacial score (nSPS) is 13.6. The SMILES string of the molecule is CCCCCCCNCCC(C)(C)CC[PH](C)(C)CCC. The zero-order chi connectivity index (χ0) is 16.2. The quantitative estimate of drug-likeness (QED) is 0.317. The topological polar surface area (TPSA) is 12.0 Å². The Kier molecular flexibility index (Phi) is 12.1. The van der Waals surface area contributed by atoms with Gasteiger partial charge in [0, 0.05) is 0 Å². The molecule has 0 atom stereocenters. The van der Waals surface area contributed by atoms with Crippen molar-refractivity contribution in [2.75, 3.05) is 38.7 Å². The van der Waals surface area contributed by atoms with E-state index < -0.39 is 7.26 Å². The van der Waals surface area contributed by atoms with E-state index in [0.29, 0.717) is 5.41 Å². The predicted molar refractivity (Wildman–Crippen MR) is 105 cm³/mol. The summed E-state index contributed by atoms with van der Waals surface area (Å²) in [7, 11) is -0.907. The molecule has 0 aliphatic heterocycles. The third-order valence-electron chi connectivity index (χ3n) is 4.84. The first-order valence-electron chi connectivity index (χ1n) is 9.54. The molecule has 0 bridgehead atoms.